The first-order chi connectivity index (χ1) is 13.0. The van der Waals surface area contributed by atoms with Crippen molar-refractivity contribution in [1.82, 2.24) is 15.1 Å². The zero-order valence-electron chi connectivity index (χ0n) is 14.7. The summed E-state index contributed by atoms with van der Waals surface area (Å²) in [6.07, 6.45) is 0. The number of fused-ring (bicyclic) bond motifs is 1. The van der Waals surface area contributed by atoms with Gasteiger partial charge in [0.25, 0.3) is 5.91 Å². The number of aromatic amines is 1. The monoisotopic (exact) mass is 374 g/mol. The largest absolute Gasteiger partial charge is 0.466 e. The second kappa shape index (κ2) is 7.46. The zero-order valence-corrected chi connectivity index (χ0v) is 14.7. The van der Waals surface area contributed by atoms with Crippen molar-refractivity contribution in [2.45, 2.75) is 0 Å². The number of hydrogen-bond acceptors (Lipinski definition) is 8. The van der Waals surface area contributed by atoms with Gasteiger partial charge in [-0.15, -0.1) is 0 Å². The Morgan fingerprint density at radius 1 is 1.30 bits per heavy atom. The maximum atomic E-state index is 12.7. The topological polar surface area (TPSA) is 134 Å². The molecular weight excluding hydrogens is 356 g/mol. The Bertz CT molecular complexity index is 948. The van der Waals surface area contributed by atoms with Gasteiger partial charge in [0, 0.05) is 6.54 Å². The van der Waals surface area contributed by atoms with E-state index in [2.05, 4.69) is 15.5 Å². The Balaban J connectivity index is 2.07. The molecule has 1 aliphatic heterocycles. The number of hydrogen-bond donors (Lipinski definition) is 3. The van der Waals surface area contributed by atoms with Gasteiger partial charge >= 0.3 is 11.9 Å². The molecular formula is C17H18N4O6. The summed E-state index contributed by atoms with van der Waals surface area (Å²) < 4.78 is 9.49. The first-order valence-corrected chi connectivity index (χ1v) is 8.05. The molecule has 27 heavy (non-hydrogen) atoms. The first kappa shape index (κ1) is 18.4. The molecule has 2 aromatic rings. The number of rotatable bonds is 6. The fraction of sp³-hybridized carbons (Fsp3) is 0.294. The summed E-state index contributed by atoms with van der Waals surface area (Å²) in [4.78, 5) is 38.0. The Labute approximate surface area is 153 Å². The minimum atomic E-state index is -0.654. The van der Waals surface area contributed by atoms with Crippen LogP contribution in [-0.4, -0.2) is 72.0 Å². The predicted molar refractivity (Wildman–Crippen MR) is 93.8 cm³/mol. The van der Waals surface area contributed by atoms with Crippen LogP contribution in [0.4, 0.5) is 5.69 Å². The number of nitrogens with zero attached hydrogens (tertiary/aromatic N) is 2. The number of carbonyl (C=O) groups excluding carboxylic acids is 3. The molecule has 142 valence electrons. The molecule has 3 rings (SSSR count). The van der Waals surface area contributed by atoms with E-state index in [1.807, 2.05) is 0 Å². The Morgan fingerprint density at radius 3 is 2.70 bits per heavy atom. The summed E-state index contributed by atoms with van der Waals surface area (Å²) in [5, 5.41) is 19.2. The molecule has 1 aromatic heterocycles. The van der Waals surface area contributed by atoms with E-state index in [1.165, 1.54) is 19.1 Å². The number of amides is 1. The van der Waals surface area contributed by atoms with E-state index in [9.17, 15) is 14.4 Å². The molecule has 0 saturated heterocycles. The minimum absolute atomic E-state index is 0.0135. The van der Waals surface area contributed by atoms with Gasteiger partial charge in [0.1, 0.15) is 5.70 Å². The molecule has 10 heteroatoms. The molecule has 3 N–H and O–H groups in total. The first-order valence-electron chi connectivity index (χ1n) is 8.05. The molecule has 0 bridgehead atoms. The zero-order chi connectivity index (χ0) is 19.6. The smallest absolute Gasteiger partial charge is 0.359 e. The highest BCUT2D eigenvalue weighted by atomic mass is 16.5. The highest BCUT2D eigenvalue weighted by Gasteiger charge is 2.35. The van der Waals surface area contributed by atoms with Crippen LogP contribution in [0.25, 0.3) is 10.9 Å². The number of anilines is 1. The van der Waals surface area contributed by atoms with Gasteiger partial charge in [-0.25, -0.2) is 9.59 Å². The third-order valence-electron chi connectivity index (χ3n) is 4.18. The van der Waals surface area contributed by atoms with Crippen LogP contribution in [0.1, 0.15) is 10.5 Å². The van der Waals surface area contributed by atoms with E-state index in [1.54, 1.807) is 18.2 Å². The van der Waals surface area contributed by atoms with Crippen molar-refractivity contribution in [3.8, 4) is 0 Å². The summed E-state index contributed by atoms with van der Waals surface area (Å²) >= 11 is 0. The SMILES string of the molecule is COC(=O)C1=C(Nc2cccc3[nH]nc(C(=O)OC)c23)C(=O)N(CCO)C1. The lowest BCUT2D eigenvalue weighted by Gasteiger charge is -2.15. The van der Waals surface area contributed by atoms with Crippen molar-refractivity contribution < 1.29 is 29.0 Å². The third-order valence-corrected chi connectivity index (χ3v) is 4.18. The lowest BCUT2D eigenvalue weighted by atomic mass is 10.1. The van der Waals surface area contributed by atoms with Crippen molar-refractivity contribution in [2.75, 3.05) is 39.2 Å². The van der Waals surface area contributed by atoms with Crippen molar-refractivity contribution in [1.29, 1.82) is 0 Å². The van der Waals surface area contributed by atoms with Crippen molar-refractivity contribution in [3.63, 3.8) is 0 Å². The van der Waals surface area contributed by atoms with Gasteiger partial charge in [0.05, 0.1) is 49.5 Å². The van der Waals surface area contributed by atoms with Crippen LogP contribution in [0.2, 0.25) is 0 Å². The molecule has 0 radical (unpaired) electrons. The lowest BCUT2D eigenvalue weighted by molar-refractivity contribution is -0.136. The molecule has 0 spiro atoms. The van der Waals surface area contributed by atoms with Crippen LogP contribution in [0.3, 0.4) is 0 Å². The molecule has 0 atom stereocenters. The van der Waals surface area contributed by atoms with Crippen LogP contribution in [-0.2, 0) is 19.1 Å². The fourth-order valence-electron chi connectivity index (χ4n) is 2.90. The van der Waals surface area contributed by atoms with Crippen molar-refractivity contribution in [3.05, 3.63) is 35.2 Å². The van der Waals surface area contributed by atoms with Crippen LogP contribution in [0.5, 0.6) is 0 Å². The number of benzene rings is 1. The van der Waals surface area contributed by atoms with E-state index < -0.39 is 17.8 Å². The second-order valence-electron chi connectivity index (χ2n) is 5.71. The standard InChI is InChI=1S/C17H18N4O6/c1-26-16(24)9-8-21(6-7-22)15(23)13(9)18-10-4-3-5-11-12(10)14(20-19-11)17(25)27-2/h3-5,18,22H,6-8H2,1-2H3,(H,19,20). The number of aromatic nitrogens is 2. The second-order valence-corrected chi connectivity index (χ2v) is 5.71. The third kappa shape index (κ3) is 3.22. The lowest BCUT2D eigenvalue weighted by Crippen LogP contribution is -2.31. The summed E-state index contributed by atoms with van der Waals surface area (Å²) in [6.45, 7) is -0.148. The van der Waals surface area contributed by atoms with Gasteiger partial charge in [-0.2, -0.15) is 5.10 Å². The molecule has 1 amide bonds. The van der Waals surface area contributed by atoms with Gasteiger partial charge in [-0.1, -0.05) is 6.07 Å². The molecule has 0 aliphatic carbocycles. The molecule has 0 unspecified atom stereocenters. The molecule has 1 aromatic carbocycles. The minimum Gasteiger partial charge on any atom is -0.466 e. The summed E-state index contributed by atoms with van der Waals surface area (Å²) in [5.41, 5.74) is 1.17. The Morgan fingerprint density at radius 2 is 2.04 bits per heavy atom. The molecule has 1 aliphatic rings. The number of H-pyrrole nitrogens is 1. The van der Waals surface area contributed by atoms with E-state index in [0.29, 0.717) is 16.6 Å². The molecule has 2 heterocycles. The van der Waals surface area contributed by atoms with E-state index in [4.69, 9.17) is 14.6 Å². The van der Waals surface area contributed by atoms with Crippen molar-refractivity contribution in [2.24, 2.45) is 0 Å². The number of β-amino-alcohol motifs (C(OH)–C–C–N with tert-alkyl or cyclic N) is 1. The van der Waals surface area contributed by atoms with Crippen LogP contribution in [0, 0.1) is 0 Å². The van der Waals surface area contributed by atoms with Gasteiger partial charge in [-0.05, 0) is 12.1 Å². The fourth-order valence-corrected chi connectivity index (χ4v) is 2.90. The summed E-state index contributed by atoms with van der Waals surface area (Å²) in [7, 11) is 2.46. The summed E-state index contributed by atoms with van der Waals surface area (Å²) in [5.74, 6) is -1.75. The van der Waals surface area contributed by atoms with E-state index in [0.717, 1.165) is 0 Å². The average molecular weight is 374 g/mol. The number of carbonyl (C=O) groups is 3. The van der Waals surface area contributed by atoms with E-state index >= 15 is 0 Å². The van der Waals surface area contributed by atoms with Gasteiger partial charge in [0.2, 0.25) is 0 Å². The van der Waals surface area contributed by atoms with Crippen LogP contribution >= 0.6 is 0 Å². The average Bonchev–Trinajstić information content (AvgIpc) is 3.24. The van der Waals surface area contributed by atoms with Crippen molar-refractivity contribution >= 4 is 34.4 Å². The van der Waals surface area contributed by atoms with Gasteiger partial charge in [-0.3, -0.25) is 9.89 Å². The molecule has 0 saturated carbocycles. The number of nitrogens with one attached hydrogen (secondary N) is 2. The Hall–Kier alpha value is -3.40. The maximum Gasteiger partial charge on any atom is 0.359 e. The normalized spacial score (nSPS) is 14.0. The summed E-state index contributed by atoms with van der Waals surface area (Å²) in [6, 6.07) is 5.06. The molecule has 10 nitrogen and oxygen atoms in total. The number of ether oxygens (including phenoxy) is 2. The van der Waals surface area contributed by atoms with Gasteiger partial charge < -0.3 is 24.8 Å². The highest BCUT2D eigenvalue weighted by molar-refractivity contribution is 6.12. The number of methoxy groups -OCH3 is 2. The number of aliphatic hydroxyl groups excluding tert-OH is 1. The highest BCUT2D eigenvalue weighted by Crippen LogP contribution is 2.29. The number of esters is 2. The quantitative estimate of drug-likeness (QED) is 0.603. The maximum absolute atomic E-state index is 12.7. The molecule has 0 fully saturated rings. The number of aliphatic hydroxyl groups is 1. The Kier molecular flexibility index (Phi) is 5.08. The van der Waals surface area contributed by atoms with Crippen LogP contribution in [0.15, 0.2) is 29.5 Å². The van der Waals surface area contributed by atoms with E-state index in [-0.39, 0.29) is 36.7 Å². The van der Waals surface area contributed by atoms with Crippen LogP contribution < -0.4 is 5.32 Å². The van der Waals surface area contributed by atoms with Gasteiger partial charge in [0.15, 0.2) is 5.69 Å². The predicted octanol–water partition coefficient (Wildman–Crippen LogP) is 0.0230.